The first kappa shape index (κ1) is 16.2. The number of rotatable bonds is 4. The number of allylic oxidation sites excluding steroid dienone is 3. The molecule has 1 amide bonds. The van der Waals surface area contributed by atoms with Gasteiger partial charge in [-0.25, -0.2) is 0 Å². The third-order valence-corrected chi connectivity index (χ3v) is 4.62. The third-order valence-electron chi connectivity index (χ3n) is 4.62. The average Bonchev–Trinajstić information content (AvgIpc) is 2.47. The number of hydrogen-bond donors (Lipinski definition) is 1. The van der Waals surface area contributed by atoms with E-state index in [1.807, 2.05) is 45.9 Å². The minimum atomic E-state index is -1.17. The van der Waals surface area contributed by atoms with Crippen LogP contribution < -0.4 is 5.32 Å². The molecule has 1 aromatic carbocycles. The minimum absolute atomic E-state index is 0.130. The average molecular weight is 297 g/mol. The topological polar surface area (TPSA) is 46.2 Å². The molecule has 0 spiro atoms. The van der Waals surface area contributed by atoms with Gasteiger partial charge in [0.25, 0.3) is 0 Å². The Hall–Kier alpha value is -2.16. The van der Waals surface area contributed by atoms with E-state index in [1.165, 1.54) is 0 Å². The largest absolute Gasteiger partial charge is 0.324 e. The zero-order valence-corrected chi connectivity index (χ0v) is 13.7. The number of nitrogens with one attached hydrogen (secondary N) is 1. The number of anilines is 1. The molecule has 1 aliphatic rings. The highest BCUT2D eigenvalue weighted by atomic mass is 16.2. The molecule has 0 fully saturated rings. The lowest BCUT2D eigenvalue weighted by atomic mass is 9.58. The zero-order valence-electron chi connectivity index (χ0n) is 13.7. The lowest BCUT2D eigenvalue weighted by Gasteiger charge is -2.44. The minimum Gasteiger partial charge on any atom is -0.324 e. The summed E-state index contributed by atoms with van der Waals surface area (Å²) in [5, 5.41) is 2.91. The number of hydrogen-bond acceptors (Lipinski definition) is 2. The molecule has 0 aliphatic carbocycles. The Bertz CT molecular complexity index is 666. The highest BCUT2D eigenvalue weighted by Crippen LogP contribution is 2.49. The van der Waals surface area contributed by atoms with Gasteiger partial charge in [-0.05, 0) is 32.4 Å². The molecule has 0 unspecified atom stereocenters. The van der Waals surface area contributed by atoms with Crippen LogP contribution in [0.2, 0.25) is 0 Å². The quantitative estimate of drug-likeness (QED) is 0.662. The molecular weight excluding hydrogens is 274 g/mol. The van der Waals surface area contributed by atoms with E-state index in [9.17, 15) is 9.59 Å². The number of carbonyl (C=O) groups excluding carboxylic acids is 2. The Morgan fingerprint density at radius 3 is 2.50 bits per heavy atom. The van der Waals surface area contributed by atoms with Gasteiger partial charge in [-0.15, -0.1) is 6.58 Å². The number of benzene rings is 1. The molecule has 0 radical (unpaired) electrons. The number of para-hydroxylation sites is 1. The van der Waals surface area contributed by atoms with Crippen molar-refractivity contribution in [3.05, 3.63) is 54.1 Å². The fourth-order valence-corrected chi connectivity index (χ4v) is 2.92. The predicted octanol–water partition coefficient (Wildman–Crippen LogP) is 4.38. The van der Waals surface area contributed by atoms with Crippen LogP contribution in [0.5, 0.6) is 0 Å². The fourth-order valence-electron chi connectivity index (χ4n) is 2.92. The van der Waals surface area contributed by atoms with Gasteiger partial charge in [0.2, 0.25) is 5.91 Å². The molecule has 0 saturated carbocycles. The van der Waals surface area contributed by atoms with Gasteiger partial charge in [0, 0.05) is 11.0 Å². The predicted molar refractivity (Wildman–Crippen MR) is 89.9 cm³/mol. The summed E-state index contributed by atoms with van der Waals surface area (Å²) in [6.45, 7) is 11.6. The second kappa shape index (κ2) is 5.56. The molecule has 3 nitrogen and oxygen atoms in total. The van der Waals surface area contributed by atoms with Crippen LogP contribution in [0.15, 0.2) is 48.6 Å². The van der Waals surface area contributed by atoms with Crippen molar-refractivity contribution in [3.63, 3.8) is 0 Å². The van der Waals surface area contributed by atoms with Crippen LogP contribution in [-0.4, -0.2) is 11.7 Å². The molecule has 116 valence electrons. The maximum Gasteiger partial charge on any atom is 0.239 e. The van der Waals surface area contributed by atoms with E-state index in [2.05, 4.69) is 11.9 Å². The highest BCUT2D eigenvalue weighted by molar-refractivity contribution is 6.24. The first-order valence-corrected chi connectivity index (χ1v) is 7.48. The standard InChI is InChI=1S/C19H23NO2/c1-6-18(4,5)19(12-11-13(2)3)16(21)14-9-7-8-10-15(14)20-17(19)22/h6-11H,1,12H2,2-5H3,(H,20,22)/t19-/m1/s1. The lowest BCUT2D eigenvalue weighted by molar-refractivity contribution is -0.127. The van der Waals surface area contributed by atoms with Crippen LogP contribution >= 0.6 is 0 Å². The molecule has 1 atom stereocenters. The van der Waals surface area contributed by atoms with Crippen molar-refractivity contribution in [1.29, 1.82) is 0 Å². The van der Waals surface area contributed by atoms with E-state index in [0.29, 0.717) is 17.7 Å². The summed E-state index contributed by atoms with van der Waals surface area (Å²) in [4.78, 5) is 26.1. The number of Topliss-reactive ketones (excluding diaryl/α,β-unsaturated/α-hetero) is 1. The summed E-state index contributed by atoms with van der Waals surface area (Å²) in [6, 6.07) is 7.17. The Morgan fingerprint density at radius 2 is 1.91 bits per heavy atom. The summed E-state index contributed by atoms with van der Waals surface area (Å²) >= 11 is 0. The van der Waals surface area contributed by atoms with Gasteiger partial charge in [0.1, 0.15) is 5.41 Å². The van der Waals surface area contributed by atoms with Crippen molar-refractivity contribution in [2.45, 2.75) is 34.1 Å². The molecule has 1 N–H and O–H groups in total. The maximum absolute atomic E-state index is 13.2. The van der Waals surface area contributed by atoms with Crippen molar-refractivity contribution in [1.82, 2.24) is 0 Å². The van der Waals surface area contributed by atoms with Gasteiger partial charge in [-0.2, -0.15) is 0 Å². The van der Waals surface area contributed by atoms with Crippen molar-refractivity contribution in [2.75, 3.05) is 5.32 Å². The van der Waals surface area contributed by atoms with E-state index in [0.717, 1.165) is 5.57 Å². The van der Waals surface area contributed by atoms with Crippen LogP contribution in [0, 0.1) is 10.8 Å². The van der Waals surface area contributed by atoms with E-state index < -0.39 is 10.8 Å². The molecular formula is C19H23NO2. The van der Waals surface area contributed by atoms with Crippen LogP contribution in [0.25, 0.3) is 0 Å². The van der Waals surface area contributed by atoms with Crippen LogP contribution in [-0.2, 0) is 4.79 Å². The Kier molecular flexibility index (Phi) is 4.10. The fraction of sp³-hybridized carbons (Fsp3) is 0.368. The van der Waals surface area contributed by atoms with Crippen LogP contribution in [0.1, 0.15) is 44.5 Å². The zero-order chi connectivity index (χ0) is 16.5. The van der Waals surface area contributed by atoms with E-state index in [4.69, 9.17) is 0 Å². The summed E-state index contributed by atoms with van der Waals surface area (Å²) in [5.74, 6) is -0.382. The second-order valence-electron chi connectivity index (χ2n) is 6.65. The smallest absolute Gasteiger partial charge is 0.239 e. The van der Waals surface area contributed by atoms with Gasteiger partial charge < -0.3 is 5.32 Å². The normalized spacial score (nSPS) is 20.9. The van der Waals surface area contributed by atoms with Crippen molar-refractivity contribution >= 4 is 17.4 Å². The summed E-state index contributed by atoms with van der Waals surface area (Å²) in [6.07, 6.45) is 4.03. The molecule has 1 heterocycles. The number of ketones is 1. The van der Waals surface area contributed by atoms with Crippen molar-refractivity contribution < 1.29 is 9.59 Å². The van der Waals surface area contributed by atoms with E-state index in [1.54, 1.807) is 18.2 Å². The molecule has 3 heteroatoms. The van der Waals surface area contributed by atoms with E-state index >= 15 is 0 Å². The summed E-state index contributed by atoms with van der Waals surface area (Å²) < 4.78 is 0. The molecule has 0 bridgehead atoms. The van der Waals surface area contributed by atoms with Gasteiger partial charge in [0.15, 0.2) is 5.78 Å². The second-order valence-corrected chi connectivity index (χ2v) is 6.65. The Morgan fingerprint density at radius 1 is 1.27 bits per heavy atom. The molecule has 0 saturated heterocycles. The monoisotopic (exact) mass is 297 g/mol. The number of fused-ring (bicyclic) bond motifs is 1. The Balaban J connectivity index is 2.68. The lowest BCUT2D eigenvalue weighted by Crippen LogP contribution is -2.54. The molecule has 1 aromatic rings. The number of amides is 1. The summed E-state index contributed by atoms with van der Waals surface area (Å²) in [7, 11) is 0. The molecule has 0 aromatic heterocycles. The third kappa shape index (κ3) is 2.31. The van der Waals surface area contributed by atoms with Crippen LogP contribution in [0.3, 0.4) is 0 Å². The van der Waals surface area contributed by atoms with Crippen molar-refractivity contribution in [3.8, 4) is 0 Å². The van der Waals surface area contributed by atoms with E-state index in [-0.39, 0.29) is 11.7 Å². The Labute approximate surface area is 132 Å². The molecule has 2 rings (SSSR count). The molecule has 1 aliphatic heterocycles. The highest BCUT2D eigenvalue weighted by Gasteiger charge is 2.57. The maximum atomic E-state index is 13.2. The number of carbonyl (C=O) groups is 2. The van der Waals surface area contributed by atoms with Gasteiger partial charge in [-0.1, -0.05) is 43.7 Å². The SMILES string of the molecule is C=CC(C)(C)[C@@]1(CC=C(C)C)C(=O)Nc2ccccc2C1=O. The van der Waals surface area contributed by atoms with Gasteiger partial charge in [-0.3, -0.25) is 9.59 Å². The van der Waals surface area contributed by atoms with Crippen molar-refractivity contribution in [2.24, 2.45) is 10.8 Å². The van der Waals surface area contributed by atoms with Gasteiger partial charge >= 0.3 is 0 Å². The van der Waals surface area contributed by atoms with Crippen LogP contribution in [0.4, 0.5) is 5.69 Å². The summed E-state index contributed by atoms with van der Waals surface area (Å²) in [5.41, 5.74) is 0.414. The first-order valence-electron chi connectivity index (χ1n) is 7.48. The van der Waals surface area contributed by atoms with Gasteiger partial charge in [0.05, 0.1) is 5.69 Å². The molecule has 22 heavy (non-hydrogen) atoms. The first-order chi connectivity index (χ1) is 10.3.